The van der Waals surface area contributed by atoms with Crippen molar-refractivity contribution >= 4 is 22.4 Å². The van der Waals surface area contributed by atoms with Gasteiger partial charge in [0.2, 0.25) is 0 Å². The van der Waals surface area contributed by atoms with Gasteiger partial charge in [-0.15, -0.1) is 11.3 Å². The van der Waals surface area contributed by atoms with Crippen LogP contribution < -0.4 is 9.64 Å². The molecule has 5 aromatic rings. The molecule has 0 unspecified atom stereocenters. The second-order valence-electron chi connectivity index (χ2n) is 9.71. The molecular formula is C34H33N3O3S. The number of anilines is 1. The lowest BCUT2D eigenvalue weighted by Crippen LogP contribution is -2.25. The highest BCUT2D eigenvalue weighted by atomic mass is 32.1. The summed E-state index contributed by atoms with van der Waals surface area (Å²) in [6.45, 7) is 1.94. The van der Waals surface area contributed by atoms with E-state index in [1.165, 1.54) is 12.7 Å². The van der Waals surface area contributed by atoms with Gasteiger partial charge in [0.15, 0.2) is 5.13 Å². The number of carbonyl (C=O) groups is 1. The Kier molecular flexibility index (Phi) is 9.74. The maximum absolute atomic E-state index is 11.4. The molecule has 41 heavy (non-hydrogen) atoms. The molecule has 2 heterocycles. The Balaban J connectivity index is 1.21. The number of thiazole rings is 1. The van der Waals surface area contributed by atoms with Crippen molar-refractivity contribution in [1.29, 1.82) is 0 Å². The largest absolute Gasteiger partial charge is 0.489 e. The molecule has 0 bridgehead atoms. The van der Waals surface area contributed by atoms with Crippen LogP contribution in [-0.4, -0.2) is 29.6 Å². The van der Waals surface area contributed by atoms with E-state index in [4.69, 9.17) is 19.4 Å². The van der Waals surface area contributed by atoms with Gasteiger partial charge < -0.3 is 14.4 Å². The number of rotatable bonds is 13. The zero-order valence-corrected chi connectivity index (χ0v) is 23.9. The molecule has 0 aliphatic carbocycles. The van der Waals surface area contributed by atoms with E-state index in [1.807, 2.05) is 54.7 Å². The van der Waals surface area contributed by atoms with E-state index in [-0.39, 0.29) is 5.97 Å². The number of aromatic nitrogens is 2. The zero-order valence-electron chi connectivity index (χ0n) is 23.1. The average molecular weight is 564 g/mol. The van der Waals surface area contributed by atoms with Gasteiger partial charge in [-0.3, -0.25) is 9.78 Å². The van der Waals surface area contributed by atoms with Crippen LogP contribution in [0.15, 0.2) is 109 Å². The number of ether oxygens (including phenoxy) is 2. The second kappa shape index (κ2) is 14.2. The molecule has 0 N–H and O–H groups in total. The number of esters is 1. The first-order valence-electron chi connectivity index (χ1n) is 13.7. The Morgan fingerprint density at radius 1 is 0.829 bits per heavy atom. The van der Waals surface area contributed by atoms with Crippen molar-refractivity contribution in [3.8, 4) is 17.0 Å². The lowest BCUT2D eigenvalue weighted by Gasteiger charge is -2.22. The van der Waals surface area contributed by atoms with Crippen molar-refractivity contribution in [2.45, 2.75) is 32.4 Å². The molecule has 0 saturated carbocycles. The highest BCUT2D eigenvalue weighted by Gasteiger charge is 2.14. The topological polar surface area (TPSA) is 64.6 Å². The molecule has 0 amide bonds. The number of hydrogen-bond acceptors (Lipinski definition) is 7. The van der Waals surface area contributed by atoms with Crippen LogP contribution in [0.4, 0.5) is 5.13 Å². The van der Waals surface area contributed by atoms with Gasteiger partial charge in [-0.2, -0.15) is 0 Å². The maximum Gasteiger partial charge on any atom is 0.305 e. The third kappa shape index (κ3) is 8.25. The fourth-order valence-electron chi connectivity index (χ4n) is 4.40. The second-order valence-corrected chi connectivity index (χ2v) is 10.5. The van der Waals surface area contributed by atoms with Crippen LogP contribution in [0.25, 0.3) is 11.3 Å². The summed E-state index contributed by atoms with van der Waals surface area (Å²) in [5.41, 5.74) is 6.47. The Bertz CT molecular complexity index is 1500. The molecule has 0 aliphatic rings. The molecule has 3 aromatic carbocycles. The van der Waals surface area contributed by atoms with Gasteiger partial charge in [-0.05, 0) is 42.2 Å². The van der Waals surface area contributed by atoms with Crippen LogP contribution in [0, 0.1) is 0 Å². The minimum Gasteiger partial charge on any atom is -0.489 e. The van der Waals surface area contributed by atoms with Crippen LogP contribution in [0.5, 0.6) is 5.75 Å². The molecule has 6 nitrogen and oxygen atoms in total. The third-order valence-corrected chi connectivity index (χ3v) is 7.66. The minimum atomic E-state index is -0.204. The zero-order chi connectivity index (χ0) is 28.3. The van der Waals surface area contributed by atoms with E-state index in [2.05, 4.69) is 58.8 Å². The van der Waals surface area contributed by atoms with Crippen molar-refractivity contribution in [3.63, 3.8) is 0 Å². The maximum atomic E-state index is 11.4. The molecule has 0 atom stereocenters. The summed E-state index contributed by atoms with van der Waals surface area (Å²) in [5, 5.41) is 3.11. The van der Waals surface area contributed by atoms with Gasteiger partial charge >= 0.3 is 5.97 Å². The van der Waals surface area contributed by atoms with E-state index in [0.29, 0.717) is 26.0 Å². The molecule has 208 valence electrons. The van der Waals surface area contributed by atoms with E-state index in [0.717, 1.165) is 51.9 Å². The lowest BCUT2D eigenvalue weighted by atomic mass is 10.1. The number of carbonyl (C=O) groups excluding carboxylic acids is 1. The van der Waals surface area contributed by atoms with Crippen LogP contribution in [0.3, 0.4) is 0 Å². The summed E-state index contributed by atoms with van der Waals surface area (Å²) >= 11 is 1.67. The quantitative estimate of drug-likeness (QED) is 0.142. The van der Waals surface area contributed by atoms with Gasteiger partial charge in [0.05, 0.1) is 25.0 Å². The first-order chi connectivity index (χ1) is 20.2. The van der Waals surface area contributed by atoms with Crippen molar-refractivity contribution in [1.82, 2.24) is 9.97 Å². The van der Waals surface area contributed by atoms with Crippen molar-refractivity contribution < 1.29 is 14.3 Å². The predicted molar refractivity (Wildman–Crippen MR) is 164 cm³/mol. The van der Waals surface area contributed by atoms with E-state index in [9.17, 15) is 4.79 Å². The molecule has 2 aromatic heterocycles. The van der Waals surface area contributed by atoms with Crippen LogP contribution >= 0.6 is 11.3 Å². The van der Waals surface area contributed by atoms with Gasteiger partial charge in [0.1, 0.15) is 12.4 Å². The number of methoxy groups -OCH3 is 1. The van der Waals surface area contributed by atoms with E-state index in [1.54, 1.807) is 11.3 Å². The van der Waals surface area contributed by atoms with Gasteiger partial charge in [-0.1, -0.05) is 78.9 Å². The summed E-state index contributed by atoms with van der Waals surface area (Å²) in [7, 11) is 1.41. The minimum absolute atomic E-state index is 0.204. The number of pyridine rings is 1. The highest BCUT2D eigenvalue weighted by molar-refractivity contribution is 7.14. The molecule has 0 radical (unpaired) electrons. The predicted octanol–water partition coefficient (Wildman–Crippen LogP) is 7.14. The summed E-state index contributed by atoms with van der Waals surface area (Å²) in [5.74, 6) is 0.574. The SMILES string of the molecule is COC(=O)CCc1ccc(OCc2ccc(CN(CCc3ccccc3)c3nc(-c4ccccc4)cs3)nc2)cc1. The number of nitrogens with zero attached hydrogens (tertiary/aromatic N) is 3. The first kappa shape index (κ1) is 28.1. The monoisotopic (exact) mass is 563 g/mol. The van der Waals surface area contributed by atoms with Crippen LogP contribution in [0.1, 0.15) is 28.8 Å². The molecule has 7 heteroatoms. The summed E-state index contributed by atoms with van der Waals surface area (Å²) in [4.78, 5) is 23.4. The summed E-state index contributed by atoms with van der Waals surface area (Å²) < 4.78 is 10.7. The Labute approximate surface area is 245 Å². The number of hydrogen-bond donors (Lipinski definition) is 0. The van der Waals surface area contributed by atoms with Crippen LogP contribution in [-0.2, 0) is 35.5 Å². The van der Waals surface area contributed by atoms with Gasteiger partial charge in [0.25, 0.3) is 0 Å². The number of benzene rings is 3. The Hall–Kier alpha value is -4.49. The van der Waals surface area contributed by atoms with E-state index >= 15 is 0 Å². The average Bonchev–Trinajstić information content (AvgIpc) is 3.53. The van der Waals surface area contributed by atoms with Gasteiger partial charge in [-0.25, -0.2) is 4.98 Å². The normalized spacial score (nSPS) is 10.8. The van der Waals surface area contributed by atoms with Crippen molar-refractivity contribution in [2.24, 2.45) is 0 Å². The van der Waals surface area contributed by atoms with Crippen molar-refractivity contribution in [3.05, 3.63) is 131 Å². The first-order valence-corrected chi connectivity index (χ1v) is 14.6. The molecule has 5 rings (SSSR count). The fourth-order valence-corrected chi connectivity index (χ4v) is 5.26. The van der Waals surface area contributed by atoms with Crippen molar-refractivity contribution in [2.75, 3.05) is 18.6 Å². The number of aryl methyl sites for hydroxylation is 1. The Morgan fingerprint density at radius 2 is 1.54 bits per heavy atom. The standard InChI is InChI=1S/C34H33N3O3S/c1-39-33(38)19-15-27-13-17-31(18-14-27)40-24-28-12-16-30(35-22-28)23-37(21-20-26-8-4-2-5-9-26)34-36-32(25-41-34)29-10-6-3-7-11-29/h2-14,16-18,22,25H,15,19-21,23-24H2,1H3. The Morgan fingerprint density at radius 3 is 2.24 bits per heavy atom. The summed E-state index contributed by atoms with van der Waals surface area (Å²) in [6.07, 6.45) is 3.82. The molecule has 0 spiro atoms. The molecule has 0 saturated heterocycles. The fraction of sp³-hybridized carbons (Fsp3) is 0.206. The lowest BCUT2D eigenvalue weighted by molar-refractivity contribution is -0.140. The smallest absolute Gasteiger partial charge is 0.305 e. The molecule has 0 fully saturated rings. The molecule has 0 aliphatic heterocycles. The molecular weight excluding hydrogens is 530 g/mol. The van der Waals surface area contributed by atoms with Crippen LogP contribution in [0.2, 0.25) is 0 Å². The highest BCUT2D eigenvalue weighted by Crippen LogP contribution is 2.28. The van der Waals surface area contributed by atoms with E-state index < -0.39 is 0 Å². The van der Waals surface area contributed by atoms with Gasteiger partial charge in [0, 0.05) is 35.7 Å². The third-order valence-electron chi connectivity index (χ3n) is 6.76. The summed E-state index contributed by atoms with van der Waals surface area (Å²) in [6, 6.07) is 32.8.